The van der Waals surface area contributed by atoms with Gasteiger partial charge in [0, 0.05) is 18.7 Å². The van der Waals surface area contributed by atoms with E-state index in [9.17, 15) is 4.79 Å². The minimum absolute atomic E-state index is 0.0354. The first-order valence-electron chi connectivity index (χ1n) is 11.8. The molecule has 5 rings (SSSR count). The number of rotatable bonds is 6. The lowest BCUT2D eigenvalue weighted by molar-refractivity contribution is -0.132. The highest BCUT2D eigenvalue weighted by molar-refractivity contribution is 5.78. The quantitative estimate of drug-likeness (QED) is 0.456. The smallest absolute Gasteiger partial charge is 0.223 e. The molecule has 0 radical (unpaired) electrons. The first kappa shape index (κ1) is 21.4. The average Bonchev–Trinajstić information content (AvgIpc) is 3.51. The molecule has 1 amide bonds. The van der Waals surface area contributed by atoms with Gasteiger partial charge in [-0.1, -0.05) is 36.4 Å². The maximum Gasteiger partial charge on any atom is 0.223 e. The van der Waals surface area contributed by atoms with Crippen molar-refractivity contribution in [2.75, 3.05) is 6.54 Å². The van der Waals surface area contributed by atoms with Crippen molar-refractivity contribution in [3.8, 4) is 0 Å². The molecule has 33 heavy (non-hydrogen) atoms. The van der Waals surface area contributed by atoms with Gasteiger partial charge in [-0.05, 0) is 68.9 Å². The van der Waals surface area contributed by atoms with Crippen molar-refractivity contribution < 1.29 is 4.79 Å². The first-order chi connectivity index (χ1) is 16.0. The Morgan fingerprint density at radius 1 is 1.12 bits per heavy atom. The number of carbonyl (C=O) groups is 1. The zero-order chi connectivity index (χ0) is 22.9. The number of carbonyl (C=O) groups excluding carboxylic acids is 1. The maximum atomic E-state index is 13.2. The fourth-order valence-corrected chi connectivity index (χ4v) is 5.03. The van der Waals surface area contributed by atoms with Crippen molar-refractivity contribution in [1.82, 2.24) is 24.6 Å². The number of fused-ring (bicyclic) bond motifs is 1. The van der Waals surface area contributed by atoms with Gasteiger partial charge in [-0.25, -0.2) is 4.98 Å². The molecule has 1 aliphatic rings. The predicted molar refractivity (Wildman–Crippen MR) is 130 cm³/mol. The number of aromatic amines is 1. The first-order valence-corrected chi connectivity index (χ1v) is 11.8. The summed E-state index contributed by atoms with van der Waals surface area (Å²) in [5, 5.41) is 4.75. The number of amides is 1. The number of H-pyrrole nitrogens is 1. The van der Waals surface area contributed by atoms with Crippen LogP contribution < -0.4 is 0 Å². The van der Waals surface area contributed by atoms with Crippen LogP contribution in [0.4, 0.5) is 0 Å². The van der Waals surface area contributed by atoms with Gasteiger partial charge in [0.15, 0.2) is 0 Å². The molecule has 1 N–H and O–H groups in total. The maximum absolute atomic E-state index is 13.2. The van der Waals surface area contributed by atoms with E-state index in [1.165, 1.54) is 16.7 Å². The number of aromatic nitrogens is 4. The minimum Gasteiger partial charge on any atom is -0.340 e. The van der Waals surface area contributed by atoms with Crippen molar-refractivity contribution >= 4 is 16.9 Å². The molecular formula is C27H31N5O. The van der Waals surface area contributed by atoms with Gasteiger partial charge in [0.05, 0.1) is 29.3 Å². The molecule has 0 aliphatic carbocycles. The van der Waals surface area contributed by atoms with Crippen LogP contribution in [0.25, 0.3) is 11.0 Å². The number of likely N-dealkylation sites (tertiary alicyclic amines) is 1. The van der Waals surface area contributed by atoms with Crippen molar-refractivity contribution in [1.29, 1.82) is 0 Å². The summed E-state index contributed by atoms with van der Waals surface area (Å²) in [7, 11) is 0. The van der Waals surface area contributed by atoms with Gasteiger partial charge in [0.25, 0.3) is 0 Å². The molecule has 6 heteroatoms. The Balaban J connectivity index is 1.28. The van der Waals surface area contributed by atoms with Gasteiger partial charge in [-0.2, -0.15) is 5.10 Å². The van der Waals surface area contributed by atoms with Gasteiger partial charge in [0.2, 0.25) is 5.91 Å². The van der Waals surface area contributed by atoms with Crippen LogP contribution in [0.3, 0.4) is 0 Å². The summed E-state index contributed by atoms with van der Waals surface area (Å²) in [6, 6.07) is 16.6. The molecule has 1 aliphatic heterocycles. The second kappa shape index (κ2) is 8.85. The molecule has 0 unspecified atom stereocenters. The topological polar surface area (TPSA) is 66.8 Å². The molecular weight excluding hydrogens is 410 g/mol. The van der Waals surface area contributed by atoms with Gasteiger partial charge in [-0.15, -0.1) is 0 Å². The molecule has 1 saturated heterocycles. The van der Waals surface area contributed by atoms with E-state index in [1.807, 2.05) is 24.0 Å². The summed E-state index contributed by atoms with van der Waals surface area (Å²) in [4.78, 5) is 23.5. The summed E-state index contributed by atoms with van der Waals surface area (Å²) >= 11 is 0. The van der Waals surface area contributed by atoms with E-state index in [2.05, 4.69) is 59.9 Å². The third-order valence-corrected chi connectivity index (χ3v) is 6.84. The summed E-state index contributed by atoms with van der Waals surface area (Å²) in [6.45, 7) is 7.78. The number of benzene rings is 2. The van der Waals surface area contributed by atoms with Crippen LogP contribution in [-0.2, 0) is 17.8 Å². The molecule has 2 aromatic heterocycles. The largest absolute Gasteiger partial charge is 0.340 e. The van der Waals surface area contributed by atoms with Crippen LogP contribution in [0.1, 0.15) is 59.2 Å². The van der Waals surface area contributed by atoms with Crippen LogP contribution in [0, 0.1) is 20.8 Å². The Bertz CT molecular complexity index is 1290. The Hall–Kier alpha value is -3.41. The standard InChI is InChI=1S/C27H31N5O/c1-18-11-13-23-24(16-18)29-27(28-23)25-10-7-15-31(25)26(33)14-12-22-19(2)30-32(20(22)3)17-21-8-5-4-6-9-21/h4-6,8-9,11,13,16,25H,7,10,12,14-15,17H2,1-3H3,(H,28,29)/t25-/m0/s1. The normalized spacial score (nSPS) is 16.1. The lowest BCUT2D eigenvalue weighted by Crippen LogP contribution is -2.31. The van der Waals surface area contributed by atoms with E-state index < -0.39 is 0 Å². The molecule has 0 bridgehead atoms. The number of nitrogens with one attached hydrogen (secondary N) is 1. The second-order valence-electron chi connectivity index (χ2n) is 9.18. The Morgan fingerprint density at radius 3 is 2.76 bits per heavy atom. The van der Waals surface area contributed by atoms with Crippen LogP contribution in [0.5, 0.6) is 0 Å². The average molecular weight is 442 g/mol. The van der Waals surface area contributed by atoms with E-state index in [0.29, 0.717) is 12.8 Å². The van der Waals surface area contributed by atoms with Crippen molar-refractivity contribution in [2.24, 2.45) is 0 Å². The van der Waals surface area contributed by atoms with Crippen LogP contribution in [0.15, 0.2) is 48.5 Å². The Kier molecular flexibility index (Phi) is 5.75. The predicted octanol–water partition coefficient (Wildman–Crippen LogP) is 5.03. The number of hydrogen-bond acceptors (Lipinski definition) is 3. The third-order valence-electron chi connectivity index (χ3n) is 6.84. The number of imidazole rings is 1. The Labute approximate surface area is 194 Å². The van der Waals surface area contributed by atoms with E-state index >= 15 is 0 Å². The number of nitrogens with zero attached hydrogens (tertiary/aromatic N) is 4. The van der Waals surface area contributed by atoms with Crippen LogP contribution >= 0.6 is 0 Å². The van der Waals surface area contributed by atoms with Crippen LogP contribution in [-0.4, -0.2) is 37.1 Å². The molecule has 4 aromatic rings. The highest BCUT2D eigenvalue weighted by atomic mass is 16.2. The van der Waals surface area contributed by atoms with E-state index in [1.54, 1.807) is 0 Å². The second-order valence-corrected chi connectivity index (χ2v) is 9.18. The molecule has 1 fully saturated rings. The van der Waals surface area contributed by atoms with E-state index in [-0.39, 0.29) is 11.9 Å². The molecule has 2 aromatic carbocycles. The molecule has 170 valence electrons. The SMILES string of the molecule is Cc1ccc2nc([C@@H]3CCCN3C(=O)CCc3c(C)nn(Cc4ccccc4)c3C)[nH]c2c1. The summed E-state index contributed by atoms with van der Waals surface area (Å²) < 4.78 is 2.06. The number of aryl methyl sites for hydroxylation is 2. The van der Waals surface area contributed by atoms with Crippen LogP contribution in [0.2, 0.25) is 0 Å². The monoisotopic (exact) mass is 441 g/mol. The molecule has 0 spiro atoms. The fourth-order valence-electron chi connectivity index (χ4n) is 5.03. The van der Waals surface area contributed by atoms with Gasteiger partial charge < -0.3 is 9.88 Å². The molecule has 3 heterocycles. The lowest BCUT2D eigenvalue weighted by Gasteiger charge is -2.23. The van der Waals surface area contributed by atoms with E-state index in [4.69, 9.17) is 10.1 Å². The van der Waals surface area contributed by atoms with Crippen molar-refractivity contribution in [3.05, 3.63) is 82.4 Å². The van der Waals surface area contributed by atoms with Crippen molar-refractivity contribution in [2.45, 2.75) is 59.0 Å². The van der Waals surface area contributed by atoms with Gasteiger partial charge >= 0.3 is 0 Å². The molecule has 0 saturated carbocycles. The minimum atomic E-state index is 0.0354. The fraction of sp³-hybridized carbons (Fsp3) is 0.370. The summed E-state index contributed by atoms with van der Waals surface area (Å²) in [6.07, 6.45) is 3.18. The molecule has 1 atom stereocenters. The lowest BCUT2D eigenvalue weighted by atomic mass is 10.1. The zero-order valence-electron chi connectivity index (χ0n) is 19.6. The third kappa shape index (κ3) is 4.30. The summed E-state index contributed by atoms with van der Waals surface area (Å²) in [5.74, 6) is 1.10. The van der Waals surface area contributed by atoms with Gasteiger partial charge in [0.1, 0.15) is 5.82 Å². The zero-order valence-corrected chi connectivity index (χ0v) is 19.6. The Morgan fingerprint density at radius 2 is 1.94 bits per heavy atom. The molecule has 6 nitrogen and oxygen atoms in total. The highest BCUT2D eigenvalue weighted by Crippen LogP contribution is 2.32. The summed E-state index contributed by atoms with van der Waals surface area (Å²) in [5.41, 5.74) is 7.79. The highest BCUT2D eigenvalue weighted by Gasteiger charge is 2.32. The van der Waals surface area contributed by atoms with Gasteiger partial charge in [-0.3, -0.25) is 9.48 Å². The van der Waals surface area contributed by atoms with Crippen molar-refractivity contribution in [3.63, 3.8) is 0 Å². The van der Waals surface area contributed by atoms with E-state index in [0.717, 1.165) is 54.2 Å². The number of hydrogen-bond donors (Lipinski definition) is 1.